The molecule has 5 heteroatoms. The van der Waals surface area contributed by atoms with E-state index in [0.29, 0.717) is 12.0 Å². The molecular weight excluding hydrogens is 374 g/mol. The highest BCUT2D eigenvalue weighted by atomic mass is 16.3. The number of fused-ring (bicyclic) bond motifs is 1. The quantitative estimate of drug-likeness (QED) is 0.444. The molecule has 2 aromatic carbocycles. The summed E-state index contributed by atoms with van der Waals surface area (Å²) in [6.45, 7) is 10.2. The molecule has 0 fully saturated rings. The van der Waals surface area contributed by atoms with Crippen molar-refractivity contribution in [2.45, 2.75) is 53.1 Å². The van der Waals surface area contributed by atoms with Gasteiger partial charge < -0.3 is 15.3 Å². The maximum absolute atomic E-state index is 12.4. The van der Waals surface area contributed by atoms with Crippen LogP contribution in [0.15, 0.2) is 42.0 Å². The fourth-order valence-electron chi connectivity index (χ4n) is 3.47. The van der Waals surface area contributed by atoms with Crippen molar-refractivity contribution in [3.63, 3.8) is 0 Å². The summed E-state index contributed by atoms with van der Waals surface area (Å²) in [6.07, 6.45) is 2.15. The van der Waals surface area contributed by atoms with E-state index in [2.05, 4.69) is 42.3 Å². The Morgan fingerprint density at radius 3 is 2.33 bits per heavy atom. The maximum atomic E-state index is 12.4. The van der Waals surface area contributed by atoms with Crippen LogP contribution in [0, 0.1) is 11.3 Å². The molecule has 1 atom stereocenters. The van der Waals surface area contributed by atoms with Crippen molar-refractivity contribution in [1.29, 1.82) is 5.26 Å². The van der Waals surface area contributed by atoms with Crippen LogP contribution in [-0.2, 0) is 4.79 Å². The molecule has 160 valence electrons. The first-order chi connectivity index (χ1) is 14.4. The first kappa shape index (κ1) is 23.4. The van der Waals surface area contributed by atoms with Gasteiger partial charge in [0.1, 0.15) is 11.6 Å². The van der Waals surface area contributed by atoms with Gasteiger partial charge in [-0.1, -0.05) is 39.0 Å². The third-order valence-electron chi connectivity index (χ3n) is 5.29. The zero-order valence-corrected chi connectivity index (χ0v) is 18.5. The second kappa shape index (κ2) is 11.4. The van der Waals surface area contributed by atoms with Crippen LogP contribution in [0.1, 0.15) is 52.5 Å². The normalized spacial score (nSPS) is 12.8. The molecule has 0 bridgehead atoms. The molecule has 5 nitrogen and oxygen atoms in total. The van der Waals surface area contributed by atoms with E-state index >= 15 is 0 Å². The molecule has 0 aliphatic carbocycles. The standard InChI is InChI=1S/C25H33N3O2/c1-5-12-28(13-6-2)22-11-10-20-14-19(8-9-21(20)15-22)18(4)24(16-26)25(30)27-17-23(29)7-3/h8-11,14-15,23,29H,5-7,12-13,17H2,1-4H3,(H,27,30)/b24-18+. The molecule has 0 radical (unpaired) electrons. The molecule has 2 aromatic rings. The number of amides is 1. The van der Waals surface area contributed by atoms with Crippen LogP contribution in [0.3, 0.4) is 0 Å². The van der Waals surface area contributed by atoms with Crippen molar-refractivity contribution in [1.82, 2.24) is 5.32 Å². The minimum Gasteiger partial charge on any atom is -0.391 e. The second-order valence-electron chi connectivity index (χ2n) is 7.62. The van der Waals surface area contributed by atoms with Gasteiger partial charge in [-0.3, -0.25) is 4.79 Å². The van der Waals surface area contributed by atoms with Gasteiger partial charge in [0, 0.05) is 25.3 Å². The van der Waals surface area contributed by atoms with E-state index in [0.717, 1.165) is 42.3 Å². The third kappa shape index (κ3) is 5.84. The van der Waals surface area contributed by atoms with Crippen LogP contribution in [-0.4, -0.2) is 36.8 Å². The summed E-state index contributed by atoms with van der Waals surface area (Å²) in [5.74, 6) is -0.451. The number of allylic oxidation sites excluding steroid dienone is 1. The number of nitrogens with zero attached hydrogens (tertiary/aromatic N) is 2. The van der Waals surface area contributed by atoms with Crippen LogP contribution in [0.25, 0.3) is 16.3 Å². The highest BCUT2D eigenvalue weighted by Crippen LogP contribution is 2.27. The van der Waals surface area contributed by atoms with Crippen molar-refractivity contribution in [2.24, 2.45) is 0 Å². The van der Waals surface area contributed by atoms with Crippen molar-refractivity contribution >= 4 is 27.9 Å². The minimum absolute atomic E-state index is 0.0753. The highest BCUT2D eigenvalue weighted by Gasteiger charge is 2.15. The Balaban J connectivity index is 2.33. The van der Waals surface area contributed by atoms with Gasteiger partial charge in [0.05, 0.1) is 6.10 Å². The van der Waals surface area contributed by atoms with E-state index in [1.807, 2.05) is 31.2 Å². The molecule has 0 heterocycles. The predicted octanol–water partition coefficient (Wildman–Crippen LogP) is 4.65. The average Bonchev–Trinajstić information content (AvgIpc) is 2.76. The van der Waals surface area contributed by atoms with Crippen molar-refractivity contribution in [3.05, 3.63) is 47.5 Å². The number of aliphatic hydroxyl groups is 1. The Labute approximate surface area is 180 Å². The number of carbonyl (C=O) groups excluding carboxylic acids is 1. The van der Waals surface area contributed by atoms with Gasteiger partial charge in [-0.15, -0.1) is 0 Å². The van der Waals surface area contributed by atoms with Crippen LogP contribution in [0.4, 0.5) is 5.69 Å². The lowest BCUT2D eigenvalue weighted by molar-refractivity contribution is -0.117. The Hall–Kier alpha value is -2.84. The van der Waals surface area contributed by atoms with Crippen LogP contribution >= 0.6 is 0 Å². The van der Waals surface area contributed by atoms with E-state index in [1.165, 1.54) is 5.69 Å². The van der Waals surface area contributed by atoms with E-state index in [9.17, 15) is 15.2 Å². The maximum Gasteiger partial charge on any atom is 0.262 e. The lowest BCUT2D eigenvalue weighted by atomic mass is 9.98. The monoisotopic (exact) mass is 407 g/mol. The van der Waals surface area contributed by atoms with E-state index in [1.54, 1.807) is 6.92 Å². The number of benzene rings is 2. The number of hydrogen-bond donors (Lipinski definition) is 2. The van der Waals surface area contributed by atoms with Gasteiger partial charge in [0.15, 0.2) is 0 Å². The Morgan fingerprint density at radius 2 is 1.73 bits per heavy atom. The molecule has 0 spiro atoms. The van der Waals surface area contributed by atoms with Crippen LogP contribution in [0.5, 0.6) is 0 Å². The Bertz CT molecular complexity index is 937. The van der Waals surface area contributed by atoms with E-state index in [4.69, 9.17) is 0 Å². The van der Waals surface area contributed by atoms with E-state index < -0.39 is 12.0 Å². The summed E-state index contributed by atoms with van der Waals surface area (Å²) in [5.41, 5.74) is 2.77. The third-order valence-corrected chi connectivity index (χ3v) is 5.29. The number of rotatable bonds is 10. The molecule has 2 rings (SSSR count). The van der Waals surface area contributed by atoms with Gasteiger partial charge in [-0.2, -0.15) is 5.26 Å². The Morgan fingerprint density at radius 1 is 1.10 bits per heavy atom. The first-order valence-electron chi connectivity index (χ1n) is 10.8. The molecule has 1 unspecified atom stereocenters. The number of anilines is 1. The lowest BCUT2D eigenvalue weighted by Gasteiger charge is -2.24. The number of nitriles is 1. The molecule has 0 saturated heterocycles. The number of hydrogen-bond acceptors (Lipinski definition) is 4. The zero-order valence-electron chi connectivity index (χ0n) is 18.5. The van der Waals surface area contributed by atoms with Crippen LogP contribution in [0.2, 0.25) is 0 Å². The van der Waals surface area contributed by atoms with E-state index in [-0.39, 0.29) is 12.1 Å². The Kier molecular flexibility index (Phi) is 8.89. The van der Waals surface area contributed by atoms with Crippen LogP contribution < -0.4 is 10.2 Å². The number of aliphatic hydroxyl groups excluding tert-OH is 1. The topological polar surface area (TPSA) is 76.4 Å². The summed E-state index contributed by atoms with van der Waals surface area (Å²) in [4.78, 5) is 14.8. The number of carbonyl (C=O) groups is 1. The summed E-state index contributed by atoms with van der Waals surface area (Å²) in [7, 11) is 0. The second-order valence-corrected chi connectivity index (χ2v) is 7.62. The first-order valence-corrected chi connectivity index (χ1v) is 10.8. The van der Waals surface area contributed by atoms with Crippen molar-refractivity contribution < 1.29 is 9.90 Å². The molecule has 0 aliphatic rings. The molecule has 2 N–H and O–H groups in total. The molecule has 0 aliphatic heterocycles. The zero-order chi connectivity index (χ0) is 22.1. The average molecular weight is 408 g/mol. The van der Waals surface area contributed by atoms with Gasteiger partial charge >= 0.3 is 0 Å². The largest absolute Gasteiger partial charge is 0.391 e. The minimum atomic E-state index is -0.607. The number of nitrogens with one attached hydrogen (secondary N) is 1. The molecular formula is C25H33N3O2. The highest BCUT2D eigenvalue weighted by molar-refractivity contribution is 6.05. The summed E-state index contributed by atoms with van der Waals surface area (Å²) in [5, 5.41) is 24.0. The molecule has 1 amide bonds. The smallest absolute Gasteiger partial charge is 0.262 e. The van der Waals surface area contributed by atoms with Crippen molar-refractivity contribution in [2.75, 3.05) is 24.5 Å². The summed E-state index contributed by atoms with van der Waals surface area (Å²) < 4.78 is 0. The molecule has 0 aromatic heterocycles. The fraction of sp³-hybridized carbons (Fsp3) is 0.440. The van der Waals surface area contributed by atoms with Gasteiger partial charge in [-0.05, 0) is 66.3 Å². The van der Waals surface area contributed by atoms with Gasteiger partial charge in [-0.25, -0.2) is 0 Å². The SMILES string of the molecule is CCCN(CCC)c1ccc2cc(/C(C)=C(\C#N)C(=O)NCC(O)CC)ccc2c1. The van der Waals surface area contributed by atoms with Gasteiger partial charge in [0.2, 0.25) is 0 Å². The lowest BCUT2D eigenvalue weighted by Crippen LogP contribution is -2.32. The molecule has 0 saturated carbocycles. The van der Waals surface area contributed by atoms with Crippen molar-refractivity contribution in [3.8, 4) is 6.07 Å². The fourth-order valence-corrected chi connectivity index (χ4v) is 3.47. The summed E-state index contributed by atoms with van der Waals surface area (Å²) >= 11 is 0. The predicted molar refractivity (Wildman–Crippen MR) is 124 cm³/mol. The molecule has 30 heavy (non-hydrogen) atoms. The van der Waals surface area contributed by atoms with Gasteiger partial charge in [0.25, 0.3) is 5.91 Å². The summed E-state index contributed by atoms with van der Waals surface area (Å²) in [6, 6.07) is 14.5.